The fourth-order valence-electron chi connectivity index (χ4n) is 1.88. The molecule has 0 radical (unpaired) electrons. The molecule has 70 valence electrons. The highest BCUT2D eigenvalue weighted by Crippen LogP contribution is 2.22. The summed E-state index contributed by atoms with van der Waals surface area (Å²) in [6, 6.07) is 7.24. The van der Waals surface area contributed by atoms with E-state index >= 15 is 0 Å². The van der Waals surface area contributed by atoms with Gasteiger partial charge in [-0.25, -0.2) is 4.39 Å². The van der Waals surface area contributed by atoms with Crippen LogP contribution in [0.5, 0.6) is 0 Å². The number of rotatable bonds is 2. The molecule has 2 heteroatoms. The number of halogens is 1. The summed E-state index contributed by atoms with van der Waals surface area (Å²) < 4.78 is 12.8. The first-order valence-electron chi connectivity index (χ1n) is 4.87. The van der Waals surface area contributed by atoms with Crippen LogP contribution in [0.4, 0.5) is 10.1 Å². The van der Waals surface area contributed by atoms with Crippen molar-refractivity contribution >= 4 is 5.69 Å². The van der Waals surface area contributed by atoms with Crippen molar-refractivity contribution in [2.45, 2.75) is 31.7 Å². The van der Waals surface area contributed by atoms with E-state index in [9.17, 15) is 4.39 Å². The Labute approximate surface area is 78.0 Å². The van der Waals surface area contributed by atoms with Gasteiger partial charge in [0.2, 0.25) is 0 Å². The van der Waals surface area contributed by atoms with E-state index < -0.39 is 0 Å². The van der Waals surface area contributed by atoms with Crippen molar-refractivity contribution in [1.82, 2.24) is 0 Å². The molecule has 1 aliphatic rings. The van der Waals surface area contributed by atoms with Crippen molar-refractivity contribution in [2.24, 2.45) is 0 Å². The lowest BCUT2D eigenvalue weighted by atomic mass is 10.2. The maximum atomic E-state index is 12.8. The predicted octanol–water partition coefficient (Wildman–Crippen LogP) is 3.18. The number of benzene rings is 1. The van der Waals surface area contributed by atoms with Crippen LogP contribution >= 0.6 is 0 Å². The van der Waals surface area contributed by atoms with E-state index in [1.165, 1.54) is 31.7 Å². The minimum atomic E-state index is -0.164. The van der Waals surface area contributed by atoms with Crippen molar-refractivity contribution in [3.05, 3.63) is 30.1 Å². The Morgan fingerprint density at radius 3 is 2.69 bits per heavy atom. The summed E-state index contributed by atoms with van der Waals surface area (Å²) in [5, 5.41) is 3.34. The second-order valence-corrected chi connectivity index (χ2v) is 3.64. The molecule has 0 atom stereocenters. The minimum Gasteiger partial charge on any atom is -0.382 e. The van der Waals surface area contributed by atoms with Crippen LogP contribution < -0.4 is 5.32 Å². The van der Waals surface area contributed by atoms with E-state index in [1.807, 2.05) is 6.07 Å². The number of hydrogen-bond donors (Lipinski definition) is 1. The molecule has 1 aromatic rings. The van der Waals surface area contributed by atoms with Crippen LogP contribution in [0.3, 0.4) is 0 Å². The van der Waals surface area contributed by atoms with E-state index in [0.29, 0.717) is 6.04 Å². The van der Waals surface area contributed by atoms with E-state index in [0.717, 1.165) is 5.69 Å². The highest BCUT2D eigenvalue weighted by molar-refractivity contribution is 5.44. The largest absolute Gasteiger partial charge is 0.382 e. The van der Waals surface area contributed by atoms with Crippen LogP contribution in [-0.2, 0) is 0 Å². The molecule has 0 amide bonds. The highest BCUT2D eigenvalue weighted by atomic mass is 19.1. The molecule has 1 aromatic carbocycles. The third-order valence-corrected chi connectivity index (χ3v) is 2.55. The first kappa shape index (κ1) is 8.54. The molecule has 0 aliphatic heterocycles. The SMILES string of the molecule is Fc1cccc(NC2CCCC2)c1. The zero-order chi connectivity index (χ0) is 9.10. The van der Waals surface area contributed by atoms with Gasteiger partial charge >= 0.3 is 0 Å². The number of nitrogens with one attached hydrogen (secondary N) is 1. The Morgan fingerprint density at radius 2 is 2.00 bits per heavy atom. The summed E-state index contributed by atoms with van der Waals surface area (Å²) in [5.41, 5.74) is 0.909. The zero-order valence-electron chi connectivity index (χ0n) is 7.59. The minimum absolute atomic E-state index is 0.164. The molecule has 0 saturated heterocycles. The molecule has 2 rings (SSSR count). The Hall–Kier alpha value is -1.05. The number of anilines is 1. The van der Waals surface area contributed by atoms with Gasteiger partial charge < -0.3 is 5.32 Å². The Kier molecular flexibility index (Phi) is 2.48. The number of hydrogen-bond acceptors (Lipinski definition) is 1. The summed E-state index contributed by atoms with van der Waals surface area (Å²) in [4.78, 5) is 0. The third kappa shape index (κ3) is 2.20. The molecular weight excluding hydrogens is 165 g/mol. The lowest BCUT2D eigenvalue weighted by molar-refractivity contribution is 0.627. The van der Waals surface area contributed by atoms with E-state index in [1.54, 1.807) is 12.1 Å². The maximum Gasteiger partial charge on any atom is 0.125 e. The van der Waals surface area contributed by atoms with Crippen LogP contribution in [0.15, 0.2) is 24.3 Å². The summed E-state index contributed by atoms with van der Waals surface area (Å²) in [7, 11) is 0. The normalized spacial score (nSPS) is 17.6. The van der Waals surface area contributed by atoms with Crippen LogP contribution in [0.25, 0.3) is 0 Å². The summed E-state index contributed by atoms with van der Waals surface area (Å²) in [6.45, 7) is 0. The molecule has 0 heterocycles. The molecule has 1 N–H and O–H groups in total. The van der Waals surface area contributed by atoms with Crippen molar-refractivity contribution in [3.8, 4) is 0 Å². The monoisotopic (exact) mass is 179 g/mol. The molecule has 1 saturated carbocycles. The van der Waals surface area contributed by atoms with Gasteiger partial charge in [-0.1, -0.05) is 18.9 Å². The van der Waals surface area contributed by atoms with E-state index in [2.05, 4.69) is 5.32 Å². The molecule has 1 nitrogen and oxygen atoms in total. The van der Waals surface area contributed by atoms with Crippen molar-refractivity contribution in [1.29, 1.82) is 0 Å². The van der Waals surface area contributed by atoms with Gasteiger partial charge in [0.1, 0.15) is 5.82 Å². The fourth-order valence-corrected chi connectivity index (χ4v) is 1.88. The van der Waals surface area contributed by atoms with Gasteiger partial charge in [0.25, 0.3) is 0 Å². The molecule has 0 spiro atoms. The van der Waals surface area contributed by atoms with Crippen molar-refractivity contribution in [3.63, 3.8) is 0 Å². The Balaban J connectivity index is 2.00. The van der Waals surface area contributed by atoms with Gasteiger partial charge in [-0.3, -0.25) is 0 Å². The van der Waals surface area contributed by atoms with Crippen LogP contribution in [0.1, 0.15) is 25.7 Å². The van der Waals surface area contributed by atoms with Crippen LogP contribution in [0, 0.1) is 5.82 Å². The van der Waals surface area contributed by atoms with Crippen molar-refractivity contribution < 1.29 is 4.39 Å². The topological polar surface area (TPSA) is 12.0 Å². The predicted molar refractivity (Wildman–Crippen MR) is 52.3 cm³/mol. The van der Waals surface area contributed by atoms with Crippen molar-refractivity contribution in [2.75, 3.05) is 5.32 Å². The van der Waals surface area contributed by atoms with Crippen LogP contribution in [0.2, 0.25) is 0 Å². The van der Waals surface area contributed by atoms with Gasteiger partial charge in [-0.15, -0.1) is 0 Å². The second-order valence-electron chi connectivity index (χ2n) is 3.64. The van der Waals surface area contributed by atoms with Gasteiger partial charge in [0.15, 0.2) is 0 Å². The average Bonchev–Trinajstić information content (AvgIpc) is 2.57. The summed E-state index contributed by atoms with van der Waals surface area (Å²) >= 11 is 0. The van der Waals surface area contributed by atoms with Gasteiger partial charge in [-0.2, -0.15) is 0 Å². The molecule has 0 aromatic heterocycles. The maximum absolute atomic E-state index is 12.8. The Bertz CT molecular complexity index is 279. The first-order chi connectivity index (χ1) is 6.34. The quantitative estimate of drug-likeness (QED) is 0.735. The van der Waals surface area contributed by atoms with E-state index in [4.69, 9.17) is 0 Å². The molecule has 0 unspecified atom stereocenters. The molecule has 13 heavy (non-hydrogen) atoms. The third-order valence-electron chi connectivity index (χ3n) is 2.55. The second kappa shape index (κ2) is 3.77. The Morgan fingerprint density at radius 1 is 1.23 bits per heavy atom. The first-order valence-corrected chi connectivity index (χ1v) is 4.87. The lowest BCUT2D eigenvalue weighted by Crippen LogP contribution is -2.14. The highest BCUT2D eigenvalue weighted by Gasteiger charge is 2.14. The summed E-state index contributed by atoms with van der Waals surface area (Å²) in [6.07, 6.45) is 5.03. The van der Waals surface area contributed by atoms with Gasteiger partial charge in [-0.05, 0) is 31.0 Å². The van der Waals surface area contributed by atoms with Gasteiger partial charge in [0.05, 0.1) is 0 Å². The standard InChI is InChI=1S/C11H14FN/c12-9-4-3-7-11(8-9)13-10-5-1-2-6-10/h3-4,7-8,10,13H,1-2,5-6H2. The lowest BCUT2D eigenvalue weighted by Gasteiger charge is -2.12. The molecule has 1 aliphatic carbocycles. The average molecular weight is 179 g/mol. The smallest absolute Gasteiger partial charge is 0.125 e. The van der Waals surface area contributed by atoms with Gasteiger partial charge in [0, 0.05) is 11.7 Å². The summed E-state index contributed by atoms with van der Waals surface area (Å²) in [5.74, 6) is -0.164. The molecular formula is C11H14FN. The van der Waals surface area contributed by atoms with E-state index in [-0.39, 0.29) is 5.82 Å². The fraction of sp³-hybridized carbons (Fsp3) is 0.455. The molecule has 1 fully saturated rings. The zero-order valence-corrected chi connectivity index (χ0v) is 7.59. The molecule has 0 bridgehead atoms. The van der Waals surface area contributed by atoms with Crippen LogP contribution in [-0.4, -0.2) is 6.04 Å².